The van der Waals surface area contributed by atoms with Crippen LogP contribution in [0.4, 0.5) is 0 Å². The van der Waals surface area contributed by atoms with E-state index < -0.39 is 0 Å². The highest BCUT2D eigenvalue weighted by Gasteiger charge is 2.24. The van der Waals surface area contributed by atoms with Crippen LogP contribution in [0.5, 0.6) is 0 Å². The molecule has 0 aromatic rings. The third-order valence-corrected chi connectivity index (χ3v) is 1.72. The lowest BCUT2D eigenvalue weighted by Crippen LogP contribution is -2.11. The van der Waals surface area contributed by atoms with Gasteiger partial charge in [0, 0.05) is 0 Å². The van der Waals surface area contributed by atoms with Gasteiger partial charge in [0.05, 0.1) is 21.3 Å². The van der Waals surface area contributed by atoms with Gasteiger partial charge in [-0.2, -0.15) is 0 Å². The molecule has 1 radical (unpaired) electrons. The first kappa shape index (κ1) is 9.77. The summed E-state index contributed by atoms with van der Waals surface area (Å²) in [6.07, 6.45) is 0. The predicted molar refractivity (Wildman–Crippen MR) is 46.1 cm³/mol. The Hall–Kier alpha value is -1.32. The van der Waals surface area contributed by atoms with Crippen molar-refractivity contribution < 1.29 is 18.9 Å². The van der Waals surface area contributed by atoms with Crippen molar-refractivity contribution in [2.45, 2.75) is 6.92 Å². The van der Waals surface area contributed by atoms with Crippen LogP contribution in [-0.4, -0.2) is 21.3 Å². The van der Waals surface area contributed by atoms with E-state index in [0.29, 0.717) is 23.0 Å². The highest BCUT2D eigenvalue weighted by atomic mass is 16.6. The molecule has 0 bridgehead atoms. The molecule has 0 amide bonds. The van der Waals surface area contributed by atoms with Gasteiger partial charge in [-0.1, -0.05) is 0 Å². The molecule has 0 aliphatic carbocycles. The van der Waals surface area contributed by atoms with Crippen molar-refractivity contribution >= 4 is 0 Å². The van der Waals surface area contributed by atoms with Crippen molar-refractivity contribution in [3.8, 4) is 0 Å². The van der Waals surface area contributed by atoms with Crippen molar-refractivity contribution in [1.29, 1.82) is 0 Å². The molecule has 1 heterocycles. The van der Waals surface area contributed by atoms with Gasteiger partial charge in [0.15, 0.2) is 5.76 Å². The normalized spacial score (nSPS) is 16.9. The quantitative estimate of drug-likeness (QED) is 0.668. The van der Waals surface area contributed by atoms with Crippen molar-refractivity contribution in [3.63, 3.8) is 0 Å². The van der Waals surface area contributed by atoms with E-state index in [-0.39, 0.29) is 0 Å². The van der Waals surface area contributed by atoms with E-state index >= 15 is 0 Å². The largest absolute Gasteiger partial charge is 0.493 e. The molecule has 0 spiro atoms. The summed E-state index contributed by atoms with van der Waals surface area (Å²) in [5, 5.41) is 0. The van der Waals surface area contributed by atoms with Gasteiger partial charge in [0.25, 0.3) is 0 Å². The van der Waals surface area contributed by atoms with Crippen molar-refractivity contribution in [2.75, 3.05) is 21.3 Å². The number of ether oxygens (including phenoxy) is 4. The molecule has 4 nitrogen and oxygen atoms in total. The van der Waals surface area contributed by atoms with E-state index in [4.69, 9.17) is 18.9 Å². The number of allylic oxidation sites excluding steroid dienone is 1. The number of hydrogen-bond acceptors (Lipinski definition) is 4. The molecule has 0 aromatic carbocycles. The van der Waals surface area contributed by atoms with E-state index in [1.165, 1.54) is 6.61 Å². The van der Waals surface area contributed by atoms with Crippen LogP contribution in [0.3, 0.4) is 0 Å². The molecule has 0 saturated carbocycles. The van der Waals surface area contributed by atoms with Gasteiger partial charge in [0.1, 0.15) is 5.76 Å². The number of rotatable bonds is 3. The van der Waals surface area contributed by atoms with Crippen molar-refractivity contribution in [1.82, 2.24) is 0 Å². The second kappa shape index (κ2) is 4.07. The SMILES string of the molecule is COC1=C(OC)C(OC)=C(C)O[CH]1. The maximum Gasteiger partial charge on any atom is 0.206 e. The molecule has 1 rings (SSSR count). The molecule has 0 saturated heterocycles. The molecule has 0 fully saturated rings. The second-order valence-electron chi connectivity index (χ2n) is 2.43. The van der Waals surface area contributed by atoms with Gasteiger partial charge >= 0.3 is 0 Å². The fourth-order valence-electron chi connectivity index (χ4n) is 1.09. The Kier molecular flexibility index (Phi) is 3.06. The third kappa shape index (κ3) is 1.71. The van der Waals surface area contributed by atoms with Gasteiger partial charge < -0.3 is 18.9 Å². The minimum absolute atomic E-state index is 0.518. The third-order valence-electron chi connectivity index (χ3n) is 1.72. The molecular weight excluding hydrogens is 172 g/mol. The van der Waals surface area contributed by atoms with Crippen LogP contribution >= 0.6 is 0 Å². The van der Waals surface area contributed by atoms with Crippen LogP contribution in [0.2, 0.25) is 0 Å². The predicted octanol–water partition coefficient (Wildman–Crippen LogP) is 1.56. The van der Waals surface area contributed by atoms with Gasteiger partial charge in [-0.3, -0.25) is 0 Å². The van der Waals surface area contributed by atoms with Gasteiger partial charge in [-0.25, -0.2) is 0 Å². The van der Waals surface area contributed by atoms with E-state index in [9.17, 15) is 0 Å². The molecule has 1 aliphatic heterocycles. The lowest BCUT2D eigenvalue weighted by atomic mass is 10.2. The Balaban J connectivity index is 3.05. The first-order valence-corrected chi connectivity index (χ1v) is 3.82. The Bertz CT molecular complexity index is 252. The first-order valence-electron chi connectivity index (χ1n) is 3.82. The van der Waals surface area contributed by atoms with Crippen LogP contribution in [0, 0.1) is 6.61 Å². The minimum atomic E-state index is 0.518. The topological polar surface area (TPSA) is 36.9 Å². The van der Waals surface area contributed by atoms with Crippen LogP contribution in [-0.2, 0) is 18.9 Å². The van der Waals surface area contributed by atoms with Crippen LogP contribution in [0.15, 0.2) is 23.0 Å². The van der Waals surface area contributed by atoms with Gasteiger partial charge in [-0.15, -0.1) is 0 Å². The molecule has 0 N–H and O–H groups in total. The van der Waals surface area contributed by atoms with Crippen molar-refractivity contribution in [3.05, 3.63) is 29.6 Å². The monoisotopic (exact) mass is 185 g/mol. The summed E-state index contributed by atoms with van der Waals surface area (Å²) >= 11 is 0. The van der Waals surface area contributed by atoms with E-state index in [1.54, 1.807) is 28.3 Å². The summed E-state index contributed by atoms with van der Waals surface area (Å²) in [5.41, 5.74) is 0. The molecule has 1 aliphatic rings. The van der Waals surface area contributed by atoms with Crippen LogP contribution < -0.4 is 0 Å². The average molecular weight is 185 g/mol. The van der Waals surface area contributed by atoms with Crippen molar-refractivity contribution in [2.24, 2.45) is 0 Å². The average Bonchev–Trinajstić information content (AvgIpc) is 2.17. The molecule has 0 aromatic heterocycles. The fraction of sp³-hybridized carbons (Fsp3) is 0.444. The van der Waals surface area contributed by atoms with Crippen LogP contribution in [0.25, 0.3) is 0 Å². The van der Waals surface area contributed by atoms with E-state index in [1.807, 2.05) is 0 Å². The fourth-order valence-corrected chi connectivity index (χ4v) is 1.09. The van der Waals surface area contributed by atoms with Crippen LogP contribution in [0.1, 0.15) is 6.92 Å². The molecule has 0 atom stereocenters. The maximum absolute atomic E-state index is 5.18. The molecule has 0 unspecified atom stereocenters. The highest BCUT2D eigenvalue weighted by Crippen LogP contribution is 2.28. The molecular formula is C9H13O4. The lowest BCUT2D eigenvalue weighted by molar-refractivity contribution is 0.128. The number of methoxy groups -OCH3 is 3. The Labute approximate surface area is 77.7 Å². The van der Waals surface area contributed by atoms with Gasteiger partial charge in [-0.05, 0) is 6.92 Å². The zero-order chi connectivity index (χ0) is 9.84. The summed E-state index contributed by atoms with van der Waals surface area (Å²) in [6.45, 7) is 3.28. The second-order valence-corrected chi connectivity index (χ2v) is 2.43. The Morgan fingerprint density at radius 2 is 1.62 bits per heavy atom. The summed E-state index contributed by atoms with van der Waals surface area (Å²) in [4.78, 5) is 0. The molecule has 13 heavy (non-hydrogen) atoms. The van der Waals surface area contributed by atoms with Gasteiger partial charge in [0.2, 0.25) is 18.1 Å². The summed E-state index contributed by atoms with van der Waals surface area (Å²) in [7, 11) is 4.65. The zero-order valence-electron chi connectivity index (χ0n) is 8.21. The first-order chi connectivity index (χ1) is 6.24. The minimum Gasteiger partial charge on any atom is -0.493 e. The number of hydrogen-bond donors (Lipinski definition) is 0. The Morgan fingerprint density at radius 1 is 1.00 bits per heavy atom. The van der Waals surface area contributed by atoms with E-state index in [2.05, 4.69) is 0 Å². The maximum atomic E-state index is 5.18. The summed E-state index contributed by atoms with van der Waals surface area (Å²) in [6, 6.07) is 0. The highest BCUT2D eigenvalue weighted by molar-refractivity contribution is 5.31. The molecule has 73 valence electrons. The summed E-state index contributed by atoms with van der Waals surface area (Å²) < 4.78 is 20.5. The lowest BCUT2D eigenvalue weighted by Gasteiger charge is -2.21. The van der Waals surface area contributed by atoms with E-state index in [0.717, 1.165) is 0 Å². The Morgan fingerprint density at radius 3 is 2.08 bits per heavy atom. The zero-order valence-corrected chi connectivity index (χ0v) is 8.21. The molecule has 4 heteroatoms. The summed E-state index contributed by atoms with van der Waals surface area (Å²) in [5.74, 6) is 2.28. The smallest absolute Gasteiger partial charge is 0.206 e. The standard InChI is InChI=1S/C9H13O4/c1-6-8(11-3)9(12-4)7(10-2)5-13-6/h5H,1-4H3.